The van der Waals surface area contributed by atoms with Crippen molar-refractivity contribution in [1.82, 2.24) is 24.8 Å². The Morgan fingerprint density at radius 1 is 1.29 bits per heavy atom. The number of aromatic nitrogens is 4. The van der Waals surface area contributed by atoms with Gasteiger partial charge in [-0.15, -0.1) is 0 Å². The van der Waals surface area contributed by atoms with E-state index in [9.17, 15) is 5.11 Å². The summed E-state index contributed by atoms with van der Waals surface area (Å²) >= 11 is 5.97. The minimum atomic E-state index is -0.670. The Balaban J connectivity index is 1.75. The second-order valence-corrected chi connectivity index (χ2v) is 6.33. The fraction of sp³-hybridized carbons (Fsp3) is 0.615. The van der Waals surface area contributed by atoms with Crippen LogP contribution >= 0.6 is 11.6 Å². The van der Waals surface area contributed by atoms with Crippen molar-refractivity contribution in [2.24, 2.45) is 0 Å². The van der Waals surface area contributed by atoms with Crippen molar-refractivity contribution >= 4 is 28.6 Å². The molecule has 21 heavy (non-hydrogen) atoms. The molecule has 3 rings (SSSR count). The van der Waals surface area contributed by atoms with Gasteiger partial charge in [0.2, 0.25) is 5.28 Å². The van der Waals surface area contributed by atoms with Crippen LogP contribution < -0.4 is 4.90 Å². The Bertz CT molecular complexity index is 629. The molecule has 114 valence electrons. The monoisotopic (exact) mass is 310 g/mol. The minimum Gasteiger partial charge on any atom is -0.389 e. The number of rotatable bonds is 3. The molecule has 2 N–H and O–H groups in total. The minimum absolute atomic E-state index is 0.212. The Kier molecular flexibility index (Phi) is 3.73. The van der Waals surface area contributed by atoms with Crippen molar-refractivity contribution < 1.29 is 5.11 Å². The number of nitrogens with zero attached hydrogens (tertiary/aromatic N) is 5. The molecule has 0 spiro atoms. The number of halogens is 1. The Morgan fingerprint density at radius 2 is 2.00 bits per heavy atom. The molecule has 0 aliphatic carbocycles. The highest BCUT2D eigenvalue weighted by Crippen LogP contribution is 2.24. The SMILES string of the molecule is CC(C)(O)CN1CCN(c2nc(Cl)nc3nc[nH]c23)CC1. The third-order valence-electron chi connectivity index (χ3n) is 3.52. The van der Waals surface area contributed by atoms with Gasteiger partial charge in [0.15, 0.2) is 11.5 Å². The van der Waals surface area contributed by atoms with Gasteiger partial charge in [0, 0.05) is 32.7 Å². The molecule has 0 unspecified atom stereocenters. The number of nitrogens with one attached hydrogen (secondary N) is 1. The van der Waals surface area contributed by atoms with Crippen LogP contribution in [-0.4, -0.2) is 68.3 Å². The number of H-pyrrole nitrogens is 1. The zero-order chi connectivity index (χ0) is 15.0. The highest BCUT2D eigenvalue weighted by molar-refractivity contribution is 6.28. The number of aromatic amines is 1. The van der Waals surface area contributed by atoms with Gasteiger partial charge >= 0.3 is 0 Å². The molecule has 3 heterocycles. The van der Waals surface area contributed by atoms with Crippen molar-refractivity contribution in [3.05, 3.63) is 11.6 Å². The first-order chi connectivity index (χ1) is 9.92. The van der Waals surface area contributed by atoms with Crippen LogP contribution in [0.3, 0.4) is 0 Å². The number of β-amino-alcohol motifs (C(OH)–C–C–N with tert-alkyl or cyclic N) is 1. The van der Waals surface area contributed by atoms with Crippen LogP contribution in [0.2, 0.25) is 5.28 Å². The summed E-state index contributed by atoms with van der Waals surface area (Å²) in [6.07, 6.45) is 1.60. The summed E-state index contributed by atoms with van der Waals surface area (Å²) in [5.74, 6) is 0.797. The van der Waals surface area contributed by atoms with Crippen LogP contribution in [0.15, 0.2) is 6.33 Å². The summed E-state index contributed by atoms with van der Waals surface area (Å²) in [6, 6.07) is 0. The number of hydrogen-bond acceptors (Lipinski definition) is 6. The van der Waals surface area contributed by atoms with Crippen LogP contribution in [0.1, 0.15) is 13.8 Å². The van der Waals surface area contributed by atoms with E-state index in [-0.39, 0.29) is 5.28 Å². The van der Waals surface area contributed by atoms with Crippen LogP contribution in [-0.2, 0) is 0 Å². The first-order valence-corrected chi connectivity index (χ1v) is 7.36. The van der Waals surface area contributed by atoms with Crippen LogP contribution in [0.5, 0.6) is 0 Å². The summed E-state index contributed by atoms with van der Waals surface area (Å²) in [6.45, 7) is 7.75. The molecule has 1 aliphatic heterocycles. The van der Waals surface area contributed by atoms with E-state index >= 15 is 0 Å². The third-order valence-corrected chi connectivity index (χ3v) is 3.69. The zero-order valence-corrected chi connectivity index (χ0v) is 12.9. The molecular weight excluding hydrogens is 292 g/mol. The summed E-state index contributed by atoms with van der Waals surface area (Å²) in [5, 5.41) is 10.1. The Morgan fingerprint density at radius 3 is 2.67 bits per heavy atom. The van der Waals surface area contributed by atoms with Crippen LogP contribution in [0, 0.1) is 0 Å². The summed E-state index contributed by atoms with van der Waals surface area (Å²) < 4.78 is 0. The van der Waals surface area contributed by atoms with Crippen molar-refractivity contribution in [3.8, 4) is 0 Å². The van der Waals surface area contributed by atoms with Gasteiger partial charge in [0.1, 0.15) is 5.52 Å². The fourth-order valence-electron chi connectivity index (χ4n) is 2.69. The largest absolute Gasteiger partial charge is 0.389 e. The van der Waals surface area contributed by atoms with Crippen LogP contribution in [0.4, 0.5) is 5.82 Å². The predicted octanol–water partition coefficient (Wildman–Crippen LogP) is 0.899. The number of hydrogen-bond donors (Lipinski definition) is 2. The maximum absolute atomic E-state index is 9.90. The second-order valence-electron chi connectivity index (χ2n) is 5.99. The van der Waals surface area contributed by atoms with E-state index in [1.165, 1.54) is 0 Å². The standard InChI is InChI=1S/C13H19ClN6O/c1-13(2,21)7-19-3-5-20(6-4-19)11-9-10(16-8-15-9)17-12(14)18-11/h8,21H,3-7H2,1-2H3,(H,15,16,17,18). The van der Waals surface area contributed by atoms with E-state index in [1.54, 1.807) is 6.33 Å². The van der Waals surface area contributed by atoms with Gasteiger partial charge in [-0.25, -0.2) is 4.98 Å². The first kappa shape index (κ1) is 14.5. The normalized spacial score (nSPS) is 17.6. The second kappa shape index (κ2) is 5.40. The Hall–Kier alpha value is -1.44. The molecule has 2 aromatic heterocycles. The molecule has 0 atom stereocenters. The first-order valence-electron chi connectivity index (χ1n) is 6.99. The molecule has 0 bridgehead atoms. The van der Waals surface area contributed by atoms with Crippen molar-refractivity contribution in [1.29, 1.82) is 0 Å². The van der Waals surface area contributed by atoms with E-state index in [2.05, 4.69) is 29.7 Å². The zero-order valence-electron chi connectivity index (χ0n) is 12.2. The lowest BCUT2D eigenvalue weighted by atomic mass is 10.1. The lowest BCUT2D eigenvalue weighted by molar-refractivity contribution is 0.0345. The van der Waals surface area contributed by atoms with Gasteiger partial charge in [-0.05, 0) is 25.4 Å². The summed E-state index contributed by atoms with van der Waals surface area (Å²) in [5.41, 5.74) is 0.732. The topological polar surface area (TPSA) is 81.2 Å². The summed E-state index contributed by atoms with van der Waals surface area (Å²) in [4.78, 5) is 20.1. The van der Waals surface area contributed by atoms with E-state index in [0.29, 0.717) is 12.2 Å². The van der Waals surface area contributed by atoms with Crippen molar-refractivity contribution in [2.45, 2.75) is 19.4 Å². The van der Waals surface area contributed by atoms with Gasteiger partial charge in [0.05, 0.1) is 11.9 Å². The van der Waals surface area contributed by atoms with Crippen molar-refractivity contribution in [2.75, 3.05) is 37.6 Å². The molecule has 0 amide bonds. The maximum atomic E-state index is 9.90. The molecule has 0 radical (unpaired) electrons. The highest BCUT2D eigenvalue weighted by atomic mass is 35.5. The smallest absolute Gasteiger partial charge is 0.226 e. The molecule has 1 aliphatic rings. The van der Waals surface area contributed by atoms with E-state index in [1.807, 2.05) is 13.8 Å². The fourth-order valence-corrected chi connectivity index (χ4v) is 2.85. The predicted molar refractivity (Wildman–Crippen MR) is 81.6 cm³/mol. The summed E-state index contributed by atoms with van der Waals surface area (Å²) in [7, 11) is 0. The van der Waals surface area contributed by atoms with E-state index < -0.39 is 5.60 Å². The number of aliphatic hydroxyl groups is 1. The number of fused-ring (bicyclic) bond motifs is 1. The molecule has 2 aromatic rings. The van der Waals surface area contributed by atoms with Crippen LogP contribution in [0.25, 0.3) is 11.2 Å². The van der Waals surface area contributed by atoms with Gasteiger partial charge in [-0.3, -0.25) is 4.90 Å². The van der Waals surface area contributed by atoms with Crippen molar-refractivity contribution in [3.63, 3.8) is 0 Å². The van der Waals surface area contributed by atoms with Gasteiger partial charge in [-0.2, -0.15) is 9.97 Å². The number of piperazine rings is 1. The molecule has 0 saturated carbocycles. The molecule has 1 fully saturated rings. The Labute approximate surface area is 128 Å². The quantitative estimate of drug-likeness (QED) is 0.820. The van der Waals surface area contributed by atoms with Gasteiger partial charge in [-0.1, -0.05) is 0 Å². The molecule has 8 heteroatoms. The molecule has 7 nitrogen and oxygen atoms in total. The van der Waals surface area contributed by atoms with E-state index in [0.717, 1.165) is 37.5 Å². The number of imidazole rings is 1. The average Bonchev–Trinajstić information content (AvgIpc) is 2.85. The lowest BCUT2D eigenvalue weighted by Gasteiger charge is -2.37. The average molecular weight is 311 g/mol. The van der Waals surface area contributed by atoms with E-state index in [4.69, 9.17) is 11.6 Å². The van der Waals surface area contributed by atoms with Gasteiger partial charge < -0.3 is 15.0 Å². The maximum Gasteiger partial charge on any atom is 0.226 e. The number of anilines is 1. The third kappa shape index (κ3) is 3.25. The van der Waals surface area contributed by atoms with Gasteiger partial charge in [0.25, 0.3) is 0 Å². The lowest BCUT2D eigenvalue weighted by Crippen LogP contribution is -2.50. The molecule has 0 aromatic carbocycles. The highest BCUT2D eigenvalue weighted by Gasteiger charge is 2.25. The molecular formula is C13H19ClN6O. The molecule has 1 saturated heterocycles.